The number of amides is 1. The summed E-state index contributed by atoms with van der Waals surface area (Å²) >= 11 is 1.54. The van der Waals surface area contributed by atoms with Crippen LogP contribution in [-0.2, 0) is 4.79 Å². The standard InChI is InChI=1S/C8H11N3OS/c1-4-5(2)13-8(10-4)11-3-6(9)7(11)12/h6H,3,9H2,1-2H3. The van der Waals surface area contributed by atoms with E-state index >= 15 is 0 Å². The minimum atomic E-state index is -0.315. The van der Waals surface area contributed by atoms with Crippen LogP contribution in [0, 0.1) is 13.8 Å². The Labute approximate surface area is 80.4 Å². The van der Waals surface area contributed by atoms with Crippen molar-refractivity contribution in [3.05, 3.63) is 10.6 Å². The number of hydrogen-bond acceptors (Lipinski definition) is 4. The van der Waals surface area contributed by atoms with Gasteiger partial charge in [0.2, 0.25) is 5.91 Å². The van der Waals surface area contributed by atoms with Crippen LogP contribution in [-0.4, -0.2) is 23.5 Å². The third-order valence-corrected chi connectivity index (χ3v) is 3.31. The molecule has 0 saturated carbocycles. The summed E-state index contributed by atoms with van der Waals surface area (Å²) in [5.74, 6) is -0.0197. The minimum absolute atomic E-state index is 0.0197. The molecule has 5 heteroatoms. The first-order valence-electron chi connectivity index (χ1n) is 4.10. The van der Waals surface area contributed by atoms with Crippen LogP contribution < -0.4 is 10.6 Å². The third-order valence-electron chi connectivity index (χ3n) is 2.21. The zero-order valence-electron chi connectivity index (χ0n) is 7.57. The van der Waals surface area contributed by atoms with Gasteiger partial charge in [-0.3, -0.25) is 9.69 Å². The molecule has 2 N–H and O–H groups in total. The SMILES string of the molecule is Cc1nc(N2CC(N)C2=O)sc1C. The summed E-state index contributed by atoms with van der Waals surface area (Å²) in [7, 11) is 0. The number of nitrogens with zero attached hydrogens (tertiary/aromatic N) is 2. The van der Waals surface area contributed by atoms with Crippen molar-refractivity contribution in [3.63, 3.8) is 0 Å². The van der Waals surface area contributed by atoms with E-state index in [1.807, 2.05) is 13.8 Å². The molecule has 0 radical (unpaired) electrons. The fraction of sp³-hybridized carbons (Fsp3) is 0.500. The Morgan fingerprint density at radius 1 is 1.62 bits per heavy atom. The maximum Gasteiger partial charge on any atom is 0.247 e. The first kappa shape index (κ1) is 8.65. The normalized spacial score (nSPS) is 21.9. The van der Waals surface area contributed by atoms with Gasteiger partial charge in [-0.1, -0.05) is 0 Å². The number of rotatable bonds is 1. The molecule has 1 fully saturated rings. The molecular formula is C8H11N3OS. The highest BCUT2D eigenvalue weighted by molar-refractivity contribution is 7.15. The van der Waals surface area contributed by atoms with Gasteiger partial charge in [0.25, 0.3) is 0 Å². The van der Waals surface area contributed by atoms with Crippen molar-refractivity contribution in [2.75, 3.05) is 11.4 Å². The molecule has 13 heavy (non-hydrogen) atoms. The Morgan fingerprint density at radius 2 is 2.31 bits per heavy atom. The molecular weight excluding hydrogens is 186 g/mol. The van der Waals surface area contributed by atoms with Crippen LogP contribution in [0.1, 0.15) is 10.6 Å². The molecule has 2 rings (SSSR count). The quantitative estimate of drug-likeness (QED) is 0.664. The highest BCUT2D eigenvalue weighted by Gasteiger charge is 2.36. The number of aromatic nitrogens is 1. The van der Waals surface area contributed by atoms with Crippen molar-refractivity contribution >= 4 is 22.4 Å². The fourth-order valence-corrected chi connectivity index (χ4v) is 2.12. The van der Waals surface area contributed by atoms with Gasteiger partial charge in [-0.25, -0.2) is 4.98 Å². The van der Waals surface area contributed by atoms with Gasteiger partial charge in [0.15, 0.2) is 5.13 Å². The maximum atomic E-state index is 11.3. The molecule has 2 heterocycles. The number of hydrogen-bond donors (Lipinski definition) is 1. The smallest absolute Gasteiger partial charge is 0.247 e. The summed E-state index contributed by atoms with van der Waals surface area (Å²) in [6, 6.07) is -0.315. The van der Waals surface area contributed by atoms with E-state index in [-0.39, 0.29) is 11.9 Å². The van der Waals surface area contributed by atoms with Crippen molar-refractivity contribution in [1.29, 1.82) is 0 Å². The average molecular weight is 197 g/mol. The van der Waals surface area contributed by atoms with E-state index in [0.717, 1.165) is 15.7 Å². The first-order valence-corrected chi connectivity index (χ1v) is 4.92. The summed E-state index contributed by atoms with van der Waals surface area (Å²) in [6.07, 6.45) is 0. The number of nitrogens with two attached hydrogens (primary N) is 1. The van der Waals surface area contributed by atoms with Gasteiger partial charge in [0.05, 0.1) is 12.2 Å². The molecule has 1 aliphatic heterocycles. The fourth-order valence-electron chi connectivity index (χ4n) is 1.20. The third kappa shape index (κ3) is 1.24. The summed E-state index contributed by atoms with van der Waals surface area (Å²) in [5.41, 5.74) is 6.47. The second-order valence-electron chi connectivity index (χ2n) is 3.19. The second kappa shape index (κ2) is 2.78. The van der Waals surface area contributed by atoms with Gasteiger partial charge in [-0.2, -0.15) is 0 Å². The van der Waals surface area contributed by atoms with Gasteiger partial charge in [0, 0.05) is 4.88 Å². The molecule has 1 saturated heterocycles. The maximum absolute atomic E-state index is 11.3. The predicted molar refractivity (Wildman–Crippen MR) is 51.9 cm³/mol. The van der Waals surface area contributed by atoms with Crippen LogP contribution in [0.3, 0.4) is 0 Å². The molecule has 0 aromatic carbocycles. The first-order chi connectivity index (χ1) is 6.09. The van der Waals surface area contributed by atoms with Gasteiger partial charge < -0.3 is 5.73 Å². The Bertz CT molecular complexity index is 341. The number of β-lactam (4-membered cyclic amide) rings is 1. The lowest BCUT2D eigenvalue weighted by molar-refractivity contribution is -0.123. The summed E-state index contributed by atoms with van der Waals surface area (Å²) in [5, 5.41) is 0.779. The highest BCUT2D eigenvalue weighted by Crippen LogP contribution is 2.28. The van der Waals surface area contributed by atoms with Crippen LogP contribution in [0.15, 0.2) is 0 Å². The molecule has 1 amide bonds. The minimum Gasteiger partial charge on any atom is -0.318 e. The Balaban J connectivity index is 2.23. The molecule has 0 spiro atoms. The number of aryl methyl sites for hydroxylation is 2. The molecule has 0 aliphatic carbocycles. The van der Waals surface area contributed by atoms with E-state index in [1.54, 1.807) is 16.2 Å². The Morgan fingerprint density at radius 3 is 2.69 bits per heavy atom. The topological polar surface area (TPSA) is 59.2 Å². The van der Waals surface area contributed by atoms with Crippen molar-refractivity contribution < 1.29 is 4.79 Å². The summed E-state index contributed by atoms with van der Waals surface area (Å²) in [4.78, 5) is 18.3. The monoisotopic (exact) mass is 197 g/mol. The second-order valence-corrected chi connectivity index (χ2v) is 4.38. The van der Waals surface area contributed by atoms with E-state index < -0.39 is 0 Å². The van der Waals surface area contributed by atoms with E-state index in [2.05, 4.69) is 4.98 Å². The van der Waals surface area contributed by atoms with E-state index in [4.69, 9.17) is 5.73 Å². The van der Waals surface area contributed by atoms with Gasteiger partial charge in [-0.05, 0) is 13.8 Å². The number of carbonyl (C=O) groups is 1. The van der Waals surface area contributed by atoms with Crippen LogP contribution >= 0.6 is 11.3 Å². The van der Waals surface area contributed by atoms with Crippen molar-refractivity contribution in [2.24, 2.45) is 5.73 Å². The highest BCUT2D eigenvalue weighted by atomic mass is 32.1. The van der Waals surface area contributed by atoms with E-state index in [1.165, 1.54) is 0 Å². The molecule has 1 aromatic heterocycles. The molecule has 1 atom stereocenters. The Hall–Kier alpha value is -0.940. The lowest BCUT2D eigenvalue weighted by Crippen LogP contribution is -2.61. The zero-order chi connectivity index (χ0) is 9.59. The van der Waals surface area contributed by atoms with Crippen molar-refractivity contribution in [1.82, 2.24) is 4.98 Å². The largest absolute Gasteiger partial charge is 0.318 e. The van der Waals surface area contributed by atoms with Crippen LogP contribution in [0.4, 0.5) is 5.13 Å². The van der Waals surface area contributed by atoms with Crippen molar-refractivity contribution in [3.8, 4) is 0 Å². The van der Waals surface area contributed by atoms with Crippen LogP contribution in [0.5, 0.6) is 0 Å². The Kier molecular flexibility index (Phi) is 1.85. The molecule has 1 aliphatic rings. The molecule has 1 unspecified atom stereocenters. The van der Waals surface area contributed by atoms with Gasteiger partial charge in [0.1, 0.15) is 6.04 Å². The van der Waals surface area contributed by atoms with Crippen LogP contribution in [0.25, 0.3) is 0 Å². The van der Waals surface area contributed by atoms with E-state index in [9.17, 15) is 4.79 Å². The summed E-state index contributed by atoms with van der Waals surface area (Å²) < 4.78 is 0. The van der Waals surface area contributed by atoms with Crippen molar-refractivity contribution in [2.45, 2.75) is 19.9 Å². The van der Waals surface area contributed by atoms with Gasteiger partial charge >= 0.3 is 0 Å². The van der Waals surface area contributed by atoms with E-state index in [0.29, 0.717) is 6.54 Å². The zero-order valence-corrected chi connectivity index (χ0v) is 8.39. The number of thiazole rings is 1. The lowest BCUT2D eigenvalue weighted by atomic mass is 10.1. The number of anilines is 1. The molecule has 4 nitrogen and oxygen atoms in total. The molecule has 1 aromatic rings. The lowest BCUT2D eigenvalue weighted by Gasteiger charge is -2.33. The number of carbonyl (C=O) groups excluding carboxylic acids is 1. The van der Waals surface area contributed by atoms with Crippen LogP contribution in [0.2, 0.25) is 0 Å². The summed E-state index contributed by atoms with van der Waals surface area (Å²) in [6.45, 7) is 4.55. The van der Waals surface area contributed by atoms with Gasteiger partial charge in [-0.15, -0.1) is 11.3 Å². The molecule has 70 valence electrons. The average Bonchev–Trinajstić information content (AvgIpc) is 2.41. The molecule has 0 bridgehead atoms. The predicted octanol–water partition coefficient (Wildman–Crippen LogP) is 0.434.